The third kappa shape index (κ3) is 2.62. The lowest BCUT2D eigenvalue weighted by Crippen LogP contribution is -2.09. The second-order valence-corrected chi connectivity index (χ2v) is 4.44. The summed E-state index contributed by atoms with van der Waals surface area (Å²) in [5.41, 5.74) is 4.93. The third-order valence-corrected chi connectivity index (χ3v) is 3.17. The molecule has 0 spiro atoms. The van der Waals surface area contributed by atoms with E-state index in [1.165, 1.54) is 23.7 Å². The van der Waals surface area contributed by atoms with Gasteiger partial charge in [-0.1, -0.05) is 30.2 Å². The number of hydrogen-bond donors (Lipinski definition) is 0. The minimum Gasteiger partial charge on any atom is -0.624 e. The quantitative estimate of drug-likeness (QED) is 0.256. The molecule has 18 heavy (non-hydrogen) atoms. The molecule has 1 aromatic carbocycles. The number of nitrogens with zero attached hydrogens (tertiary/aromatic N) is 1. The predicted octanol–water partition coefficient (Wildman–Crippen LogP) is 3.01. The Morgan fingerprint density at radius 1 is 1.33 bits per heavy atom. The first-order valence-electron chi connectivity index (χ1n) is 6.17. The molecule has 0 N–H and O–H groups in total. The van der Waals surface area contributed by atoms with Crippen molar-refractivity contribution in [3.63, 3.8) is 0 Å². The van der Waals surface area contributed by atoms with Crippen molar-refractivity contribution in [2.24, 2.45) is 0 Å². The molecule has 0 aliphatic heterocycles. The maximum Gasteiger partial charge on any atom is 0.177 e. The van der Waals surface area contributed by atoms with Crippen LogP contribution in [-0.2, 0) is 6.42 Å². The van der Waals surface area contributed by atoms with Crippen LogP contribution in [0, 0.1) is 17.0 Å². The summed E-state index contributed by atoms with van der Waals surface area (Å²) in [5, 5.41) is 11.2. The third-order valence-electron chi connectivity index (χ3n) is 3.17. The molecular weight excluding hydrogens is 222 g/mol. The van der Waals surface area contributed by atoms with Crippen molar-refractivity contribution in [3.8, 4) is 11.8 Å². The lowest BCUT2D eigenvalue weighted by Gasteiger charge is -2.19. The van der Waals surface area contributed by atoms with Gasteiger partial charge in [0.2, 0.25) is 0 Å². The average Bonchev–Trinajstić information content (AvgIpc) is 2.37. The van der Waals surface area contributed by atoms with Crippen LogP contribution in [0.3, 0.4) is 0 Å². The topological polar surface area (TPSA) is 26.1 Å². The Kier molecular flexibility index (Phi) is 3.84. The first-order chi connectivity index (χ1) is 8.72. The largest absolute Gasteiger partial charge is 0.624 e. The van der Waals surface area contributed by atoms with Crippen molar-refractivity contribution in [3.05, 3.63) is 46.2 Å². The van der Waals surface area contributed by atoms with Crippen LogP contribution < -0.4 is 0 Å². The Morgan fingerprint density at radius 3 is 2.83 bits per heavy atom. The van der Waals surface area contributed by atoms with Crippen LogP contribution >= 0.6 is 0 Å². The van der Waals surface area contributed by atoms with E-state index in [0.29, 0.717) is 6.42 Å². The fraction of sp³-hybridized carbons (Fsp3) is 0.312. The second kappa shape index (κ2) is 5.55. The lowest BCUT2D eigenvalue weighted by molar-refractivity contribution is -0.417. The van der Waals surface area contributed by atoms with Crippen molar-refractivity contribution in [1.82, 2.24) is 0 Å². The van der Waals surface area contributed by atoms with Crippen molar-refractivity contribution < 1.29 is 4.74 Å². The SMILES string of the molecule is CC#CCC1=C(/C=[N+](/C)[O-])CCc2ccccc21. The second-order valence-electron chi connectivity index (χ2n) is 4.44. The molecule has 1 aromatic rings. The van der Waals surface area contributed by atoms with Gasteiger partial charge in [0.1, 0.15) is 7.05 Å². The number of allylic oxidation sites excluding steroid dienone is 2. The van der Waals surface area contributed by atoms with Crippen LogP contribution in [-0.4, -0.2) is 18.0 Å². The van der Waals surface area contributed by atoms with Crippen LogP contribution in [0.15, 0.2) is 29.8 Å². The van der Waals surface area contributed by atoms with E-state index in [2.05, 4.69) is 30.0 Å². The molecule has 2 heteroatoms. The van der Waals surface area contributed by atoms with E-state index in [9.17, 15) is 5.21 Å². The van der Waals surface area contributed by atoms with E-state index in [0.717, 1.165) is 23.2 Å². The van der Waals surface area contributed by atoms with Gasteiger partial charge in [-0.2, -0.15) is 0 Å². The lowest BCUT2D eigenvalue weighted by atomic mass is 9.84. The molecule has 0 bridgehead atoms. The van der Waals surface area contributed by atoms with Gasteiger partial charge >= 0.3 is 0 Å². The van der Waals surface area contributed by atoms with Gasteiger partial charge in [0, 0.05) is 12.0 Å². The molecule has 0 unspecified atom stereocenters. The maximum atomic E-state index is 11.2. The number of hydroxylamine groups is 1. The summed E-state index contributed by atoms with van der Waals surface area (Å²) >= 11 is 0. The molecule has 1 aliphatic rings. The van der Waals surface area contributed by atoms with Crippen LogP contribution in [0.25, 0.3) is 5.57 Å². The van der Waals surface area contributed by atoms with Crippen LogP contribution in [0.4, 0.5) is 0 Å². The number of rotatable bonds is 2. The predicted molar refractivity (Wildman–Crippen MR) is 75.4 cm³/mol. The van der Waals surface area contributed by atoms with E-state index < -0.39 is 0 Å². The highest BCUT2D eigenvalue weighted by atomic mass is 16.5. The summed E-state index contributed by atoms with van der Waals surface area (Å²) in [7, 11) is 1.52. The Hall–Kier alpha value is -2.01. The fourth-order valence-corrected chi connectivity index (χ4v) is 2.37. The maximum absolute atomic E-state index is 11.2. The summed E-state index contributed by atoms with van der Waals surface area (Å²) in [6.07, 6.45) is 4.32. The molecule has 92 valence electrons. The molecule has 0 fully saturated rings. The highest BCUT2D eigenvalue weighted by Crippen LogP contribution is 2.32. The zero-order chi connectivity index (χ0) is 13.0. The Bertz CT molecular complexity index is 566. The Balaban J connectivity index is 2.52. The highest BCUT2D eigenvalue weighted by molar-refractivity contribution is 5.91. The number of hydrogen-bond acceptors (Lipinski definition) is 1. The molecule has 0 atom stereocenters. The zero-order valence-corrected chi connectivity index (χ0v) is 10.9. The van der Waals surface area contributed by atoms with Gasteiger partial charge in [0.15, 0.2) is 6.21 Å². The van der Waals surface area contributed by atoms with E-state index in [1.54, 1.807) is 6.21 Å². The minimum atomic E-state index is 0.715. The minimum absolute atomic E-state index is 0.715. The monoisotopic (exact) mass is 239 g/mol. The molecule has 0 radical (unpaired) electrons. The summed E-state index contributed by atoms with van der Waals surface area (Å²) in [6, 6.07) is 8.39. The van der Waals surface area contributed by atoms with Gasteiger partial charge in [-0.3, -0.25) is 0 Å². The summed E-state index contributed by atoms with van der Waals surface area (Å²) in [4.78, 5) is 0. The van der Waals surface area contributed by atoms with Crippen molar-refractivity contribution in [2.75, 3.05) is 7.05 Å². The summed E-state index contributed by atoms with van der Waals surface area (Å²) in [6.45, 7) is 1.85. The number of fused-ring (bicyclic) bond motifs is 1. The van der Waals surface area contributed by atoms with Crippen LogP contribution in [0.5, 0.6) is 0 Å². The average molecular weight is 239 g/mol. The van der Waals surface area contributed by atoms with E-state index >= 15 is 0 Å². The van der Waals surface area contributed by atoms with E-state index in [-0.39, 0.29) is 0 Å². The summed E-state index contributed by atoms with van der Waals surface area (Å²) in [5.74, 6) is 6.04. The Labute approximate surface area is 108 Å². The van der Waals surface area contributed by atoms with Crippen molar-refractivity contribution in [2.45, 2.75) is 26.2 Å². The fourth-order valence-electron chi connectivity index (χ4n) is 2.37. The smallest absolute Gasteiger partial charge is 0.177 e. The van der Waals surface area contributed by atoms with E-state index in [4.69, 9.17) is 0 Å². The van der Waals surface area contributed by atoms with Crippen molar-refractivity contribution >= 4 is 11.8 Å². The van der Waals surface area contributed by atoms with Gasteiger partial charge < -0.3 is 5.21 Å². The molecule has 0 amide bonds. The van der Waals surface area contributed by atoms with Gasteiger partial charge in [0.05, 0.1) is 0 Å². The van der Waals surface area contributed by atoms with E-state index in [1.807, 2.05) is 13.0 Å². The van der Waals surface area contributed by atoms with Crippen LogP contribution in [0.2, 0.25) is 0 Å². The first kappa shape index (κ1) is 12.4. The van der Waals surface area contributed by atoms with Gasteiger partial charge in [-0.05, 0) is 36.5 Å². The molecule has 1 aliphatic carbocycles. The molecule has 2 nitrogen and oxygen atoms in total. The van der Waals surface area contributed by atoms with Crippen LogP contribution in [0.1, 0.15) is 30.9 Å². The Morgan fingerprint density at radius 2 is 2.11 bits per heavy atom. The molecule has 0 saturated heterocycles. The standard InChI is InChI=1S/C16H17NO/c1-3-4-8-16-14(12-17(2)18)11-10-13-7-5-6-9-15(13)16/h5-7,9,12H,8,10-11H2,1-2H3/b17-12-. The molecule has 0 aromatic heterocycles. The zero-order valence-electron chi connectivity index (χ0n) is 10.9. The summed E-state index contributed by atoms with van der Waals surface area (Å²) < 4.78 is 0.878. The number of benzene rings is 1. The number of aryl methyl sites for hydroxylation is 1. The van der Waals surface area contributed by atoms with Gasteiger partial charge in [0.25, 0.3) is 0 Å². The molecule has 2 rings (SSSR count). The molecule has 0 heterocycles. The normalized spacial score (nSPS) is 14.9. The molecule has 0 saturated carbocycles. The van der Waals surface area contributed by atoms with Gasteiger partial charge in [-0.15, -0.1) is 5.92 Å². The van der Waals surface area contributed by atoms with Crippen molar-refractivity contribution in [1.29, 1.82) is 0 Å². The van der Waals surface area contributed by atoms with Gasteiger partial charge in [-0.25, -0.2) is 4.74 Å². The highest BCUT2D eigenvalue weighted by Gasteiger charge is 2.18. The first-order valence-corrected chi connectivity index (χ1v) is 6.17. The molecular formula is C16H17NO.